The number of nitrogens with one attached hydrogen (secondary N) is 1. The third kappa shape index (κ3) is 3.79. The first kappa shape index (κ1) is 18.9. The molecule has 2 unspecified atom stereocenters. The number of carbonyl (C=O) groups is 2. The highest BCUT2D eigenvalue weighted by Crippen LogP contribution is 2.36. The Bertz CT molecular complexity index is 865. The van der Waals surface area contributed by atoms with Gasteiger partial charge in [-0.1, -0.05) is 24.3 Å². The topological polar surface area (TPSA) is 49.4 Å². The van der Waals surface area contributed by atoms with Crippen LogP contribution in [0.5, 0.6) is 0 Å². The molecule has 27 heavy (non-hydrogen) atoms. The van der Waals surface area contributed by atoms with E-state index in [0.29, 0.717) is 5.56 Å². The lowest BCUT2D eigenvalue weighted by molar-refractivity contribution is -0.138. The highest BCUT2D eigenvalue weighted by Gasteiger charge is 2.44. The number of alkyl halides is 3. The van der Waals surface area contributed by atoms with Crippen LogP contribution in [0.1, 0.15) is 17.0 Å². The molecule has 0 aliphatic carbocycles. The smallest absolute Gasteiger partial charge is 0.344 e. The summed E-state index contributed by atoms with van der Waals surface area (Å²) in [4.78, 5) is 26.4. The number of likely N-dealkylation sites (tertiary alicyclic amines) is 1. The van der Waals surface area contributed by atoms with Crippen LogP contribution in [0, 0.1) is 11.7 Å². The maximum atomic E-state index is 13.8. The van der Waals surface area contributed by atoms with Crippen LogP contribution >= 0.6 is 0 Å². The van der Waals surface area contributed by atoms with Crippen LogP contribution in [0.4, 0.5) is 23.2 Å². The number of hydrogen-bond acceptors (Lipinski definition) is 2. The highest BCUT2D eigenvalue weighted by molar-refractivity contribution is 6.08. The van der Waals surface area contributed by atoms with Gasteiger partial charge in [0, 0.05) is 19.5 Å². The average Bonchev–Trinajstić information content (AvgIpc) is 2.91. The van der Waals surface area contributed by atoms with E-state index in [1.807, 2.05) is 0 Å². The number of halogens is 4. The number of amides is 2. The van der Waals surface area contributed by atoms with Gasteiger partial charge >= 0.3 is 6.18 Å². The van der Waals surface area contributed by atoms with Crippen molar-refractivity contribution in [1.82, 2.24) is 4.90 Å². The van der Waals surface area contributed by atoms with Crippen LogP contribution in [0.2, 0.25) is 0 Å². The van der Waals surface area contributed by atoms with Crippen molar-refractivity contribution in [2.45, 2.75) is 12.1 Å². The molecule has 2 atom stereocenters. The fourth-order valence-electron chi connectivity index (χ4n) is 3.19. The monoisotopic (exact) mass is 380 g/mol. The molecular formula is C19H16F4N2O2. The largest absolute Gasteiger partial charge is 0.416 e. The van der Waals surface area contributed by atoms with E-state index in [0.717, 1.165) is 12.1 Å². The summed E-state index contributed by atoms with van der Waals surface area (Å²) in [6, 6.07) is 9.91. The molecule has 1 aliphatic rings. The van der Waals surface area contributed by atoms with Gasteiger partial charge in [-0.25, -0.2) is 4.39 Å². The van der Waals surface area contributed by atoms with Crippen molar-refractivity contribution in [1.29, 1.82) is 0 Å². The van der Waals surface area contributed by atoms with Crippen LogP contribution < -0.4 is 5.32 Å². The molecule has 2 aromatic carbocycles. The molecule has 1 heterocycles. The fourth-order valence-corrected chi connectivity index (χ4v) is 3.19. The molecule has 3 rings (SSSR count). The lowest BCUT2D eigenvalue weighted by atomic mass is 9.87. The second-order valence-electron chi connectivity index (χ2n) is 6.39. The Kier molecular flexibility index (Phi) is 4.91. The van der Waals surface area contributed by atoms with Crippen molar-refractivity contribution in [3.8, 4) is 0 Å². The van der Waals surface area contributed by atoms with Crippen molar-refractivity contribution in [2.75, 3.05) is 18.9 Å². The van der Waals surface area contributed by atoms with Gasteiger partial charge in [0.15, 0.2) is 0 Å². The summed E-state index contributed by atoms with van der Waals surface area (Å²) >= 11 is 0. The summed E-state index contributed by atoms with van der Waals surface area (Å²) in [7, 11) is 1.51. The molecule has 4 nitrogen and oxygen atoms in total. The Hall–Kier alpha value is -2.90. The summed E-state index contributed by atoms with van der Waals surface area (Å²) in [5.41, 5.74) is -0.429. The maximum absolute atomic E-state index is 13.8. The van der Waals surface area contributed by atoms with Gasteiger partial charge in [0.25, 0.3) is 0 Å². The number of anilines is 1. The molecule has 0 bridgehead atoms. The minimum atomic E-state index is -4.47. The molecule has 1 fully saturated rings. The number of rotatable bonds is 3. The number of nitrogens with zero attached hydrogens (tertiary/aromatic N) is 1. The SMILES string of the molecule is CN1CC(c2ccc(C(F)(F)F)cc2)C(C(=O)Nc2ccccc2F)C1=O. The number of likely N-dealkylation sites (N-methyl/N-ethyl adjacent to an activating group) is 1. The van der Waals surface area contributed by atoms with Crippen LogP contribution in [-0.4, -0.2) is 30.3 Å². The Morgan fingerprint density at radius 1 is 1.11 bits per heavy atom. The van der Waals surface area contributed by atoms with Gasteiger partial charge in [0.1, 0.15) is 11.7 Å². The van der Waals surface area contributed by atoms with Crippen molar-refractivity contribution in [3.63, 3.8) is 0 Å². The van der Waals surface area contributed by atoms with E-state index >= 15 is 0 Å². The van der Waals surface area contributed by atoms with Gasteiger partial charge < -0.3 is 10.2 Å². The third-order valence-corrected chi connectivity index (χ3v) is 4.60. The van der Waals surface area contributed by atoms with Gasteiger partial charge in [0.2, 0.25) is 11.8 Å². The van der Waals surface area contributed by atoms with Crippen LogP contribution in [0.25, 0.3) is 0 Å². The Balaban J connectivity index is 1.87. The molecule has 2 amide bonds. The minimum Gasteiger partial charge on any atom is -0.344 e. The van der Waals surface area contributed by atoms with Crippen LogP contribution in [-0.2, 0) is 15.8 Å². The van der Waals surface area contributed by atoms with Gasteiger partial charge in [-0.15, -0.1) is 0 Å². The Labute approximate surface area is 152 Å². The minimum absolute atomic E-state index is 0.0592. The predicted octanol–water partition coefficient (Wildman–Crippen LogP) is 3.66. The lowest BCUT2D eigenvalue weighted by Gasteiger charge is -2.18. The van der Waals surface area contributed by atoms with E-state index < -0.39 is 41.2 Å². The van der Waals surface area contributed by atoms with E-state index in [-0.39, 0.29) is 12.2 Å². The zero-order valence-electron chi connectivity index (χ0n) is 14.3. The quantitative estimate of drug-likeness (QED) is 0.653. The van der Waals surface area contributed by atoms with Crippen molar-refractivity contribution >= 4 is 17.5 Å². The van der Waals surface area contributed by atoms with Crippen molar-refractivity contribution in [3.05, 3.63) is 65.5 Å². The fraction of sp³-hybridized carbons (Fsp3) is 0.263. The molecule has 8 heteroatoms. The van der Waals surface area contributed by atoms with E-state index in [9.17, 15) is 27.2 Å². The average molecular weight is 380 g/mol. The van der Waals surface area contributed by atoms with Crippen LogP contribution in [0.3, 0.4) is 0 Å². The van der Waals surface area contributed by atoms with E-state index in [1.165, 1.54) is 48.3 Å². The molecule has 1 N–H and O–H groups in total. The Morgan fingerprint density at radius 3 is 2.33 bits per heavy atom. The van der Waals surface area contributed by atoms with Crippen molar-refractivity contribution < 1.29 is 27.2 Å². The molecule has 2 aromatic rings. The van der Waals surface area contributed by atoms with Crippen LogP contribution in [0.15, 0.2) is 48.5 Å². The lowest BCUT2D eigenvalue weighted by Crippen LogP contribution is -2.33. The summed E-state index contributed by atoms with van der Waals surface area (Å²) < 4.78 is 52.0. The number of para-hydroxylation sites is 1. The molecule has 0 radical (unpaired) electrons. The summed E-state index contributed by atoms with van der Waals surface area (Å²) in [6.07, 6.45) is -4.47. The summed E-state index contributed by atoms with van der Waals surface area (Å²) in [5, 5.41) is 2.40. The van der Waals surface area contributed by atoms with Gasteiger partial charge in [-0.2, -0.15) is 13.2 Å². The second-order valence-corrected chi connectivity index (χ2v) is 6.39. The maximum Gasteiger partial charge on any atom is 0.416 e. The van der Waals surface area contributed by atoms with E-state index in [1.54, 1.807) is 0 Å². The first-order valence-electron chi connectivity index (χ1n) is 8.16. The number of carbonyl (C=O) groups excluding carboxylic acids is 2. The van der Waals surface area contributed by atoms with Gasteiger partial charge in [-0.05, 0) is 29.8 Å². The third-order valence-electron chi connectivity index (χ3n) is 4.60. The summed E-state index contributed by atoms with van der Waals surface area (Å²) in [5.74, 6) is -3.58. The Morgan fingerprint density at radius 2 is 1.74 bits per heavy atom. The highest BCUT2D eigenvalue weighted by atomic mass is 19.4. The molecule has 0 spiro atoms. The summed E-state index contributed by atoms with van der Waals surface area (Å²) in [6.45, 7) is 0.180. The molecular weight excluding hydrogens is 364 g/mol. The second kappa shape index (κ2) is 7.02. The standard InChI is InChI=1S/C19H16F4N2O2/c1-25-10-13(11-6-8-12(9-7-11)19(21,22)23)16(18(25)27)17(26)24-15-5-3-2-4-14(15)20/h2-9,13,16H,10H2,1H3,(H,24,26). The van der Waals surface area contributed by atoms with Crippen molar-refractivity contribution in [2.24, 2.45) is 5.92 Å². The zero-order chi connectivity index (χ0) is 19.8. The molecule has 0 aromatic heterocycles. The van der Waals surface area contributed by atoms with Gasteiger partial charge in [-0.3, -0.25) is 9.59 Å². The first-order valence-corrected chi connectivity index (χ1v) is 8.16. The van der Waals surface area contributed by atoms with E-state index in [2.05, 4.69) is 5.32 Å². The normalized spacial score (nSPS) is 20.0. The molecule has 0 saturated carbocycles. The molecule has 1 aliphatic heterocycles. The first-order chi connectivity index (χ1) is 12.7. The van der Waals surface area contributed by atoms with E-state index in [4.69, 9.17) is 0 Å². The number of benzene rings is 2. The molecule has 142 valence electrons. The predicted molar refractivity (Wildman–Crippen MR) is 90.3 cm³/mol. The molecule has 1 saturated heterocycles. The zero-order valence-corrected chi connectivity index (χ0v) is 14.3. The van der Waals surface area contributed by atoms with Gasteiger partial charge in [0.05, 0.1) is 11.3 Å². The number of hydrogen-bond donors (Lipinski definition) is 1.